The summed E-state index contributed by atoms with van der Waals surface area (Å²) in [5, 5.41) is 3.13. The summed E-state index contributed by atoms with van der Waals surface area (Å²) in [5.74, 6) is 0.695. The third kappa shape index (κ3) is 6.01. The molecule has 3 N–H and O–H groups in total. The highest BCUT2D eigenvalue weighted by atomic mass is 16.5. The molecule has 28 heavy (non-hydrogen) atoms. The van der Waals surface area contributed by atoms with E-state index in [0.29, 0.717) is 18.5 Å². The van der Waals surface area contributed by atoms with Gasteiger partial charge in [0, 0.05) is 32.2 Å². The highest BCUT2D eigenvalue weighted by Gasteiger charge is 2.29. The molecule has 4 atom stereocenters. The quantitative estimate of drug-likeness (QED) is 0.668. The van der Waals surface area contributed by atoms with Crippen LogP contribution in [0.2, 0.25) is 0 Å². The first-order valence-corrected chi connectivity index (χ1v) is 10.6. The number of benzene rings is 1. The lowest BCUT2D eigenvalue weighted by molar-refractivity contribution is -0.123. The zero-order chi connectivity index (χ0) is 20.1. The zero-order valence-electron chi connectivity index (χ0n) is 17.7. The van der Waals surface area contributed by atoms with Crippen molar-refractivity contribution >= 4 is 5.91 Å². The lowest BCUT2D eigenvalue weighted by Gasteiger charge is -2.35. The Bertz CT molecular complexity index is 641. The monoisotopic (exact) mass is 388 g/mol. The second kappa shape index (κ2) is 9.83. The van der Waals surface area contributed by atoms with E-state index < -0.39 is 0 Å². The van der Waals surface area contributed by atoms with Crippen LogP contribution >= 0.6 is 0 Å². The predicted molar refractivity (Wildman–Crippen MR) is 111 cm³/mol. The normalized spacial score (nSPS) is 28.6. The molecule has 2 saturated heterocycles. The average Bonchev–Trinajstić information content (AvgIpc) is 3.07. The molecule has 2 heterocycles. The first-order valence-electron chi connectivity index (χ1n) is 10.6. The van der Waals surface area contributed by atoms with E-state index in [1.54, 1.807) is 0 Å². The molecule has 156 valence electrons. The number of rotatable bonds is 7. The van der Waals surface area contributed by atoms with Crippen LogP contribution in [0.3, 0.4) is 0 Å². The Hall–Kier alpha value is -1.47. The minimum absolute atomic E-state index is 0.0715. The topological polar surface area (TPSA) is 65.6 Å². The van der Waals surface area contributed by atoms with Gasteiger partial charge in [-0.1, -0.05) is 38.1 Å². The third-order valence-electron chi connectivity index (χ3n) is 5.51. The summed E-state index contributed by atoms with van der Waals surface area (Å²) in [5.41, 5.74) is 8.88. The second-order valence-electron chi connectivity index (χ2n) is 8.84. The van der Waals surface area contributed by atoms with Crippen molar-refractivity contribution in [3.8, 4) is 0 Å². The molecule has 6 nitrogen and oxygen atoms in total. The number of morpholine rings is 1. The molecule has 0 radical (unpaired) electrons. The summed E-state index contributed by atoms with van der Waals surface area (Å²) < 4.78 is 5.84. The lowest BCUT2D eigenvalue weighted by atomic mass is 9.99. The fourth-order valence-corrected chi connectivity index (χ4v) is 4.36. The van der Waals surface area contributed by atoms with Gasteiger partial charge in [-0.05, 0) is 43.7 Å². The van der Waals surface area contributed by atoms with Crippen molar-refractivity contribution < 1.29 is 9.53 Å². The van der Waals surface area contributed by atoms with Crippen LogP contribution in [-0.4, -0.2) is 48.2 Å². The average molecular weight is 389 g/mol. The maximum absolute atomic E-state index is 12.6. The molecule has 1 aromatic rings. The first-order chi connectivity index (χ1) is 13.4. The smallest absolute Gasteiger partial charge is 0.238 e. The van der Waals surface area contributed by atoms with Gasteiger partial charge in [0.25, 0.3) is 0 Å². The molecule has 2 fully saturated rings. The Morgan fingerprint density at radius 1 is 1.18 bits per heavy atom. The molecular weight excluding hydrogens is 352 g/mol. The largest absolute Gasteiger partial charge is 0.373 e. The Kier molecular flexibility index (Phi) is 7.46. The van der Waals surface area contributed by atoms with Crippen molar-refractivity contribution in [3.63, 3.8) is 0 Å². The van der Waals surface area contributed by atoms with E-state index in [4.69, 9.17) is 4.74 Å². The van der Waals surface area contributed by atoms with Gasteiger partial charge in [-0.3, -0.25) is 15.1 Å². The van der Waals surface area contributed by atoms with E-state index in [1.807, 2.05) is 6.07 Å². The molecular formula is C22H36N4O2. The molecule has 4 unspecified atom stereocenters. The summed E-state index contributed by atoms with van der Waals surface area (Å²) in [6.45, 7) is 12.0. The van der Waals surface area contributed by atoms with Crippen LogP contribution in [-0.2, 0) is 22.6 Å². The van der Waals surface area contributed by atoms with Gasteiger partial charge in [0.05, 0.1) is 12.2 Å². The third-order valence-corrected chi connectivity index (χ3v) is 5.51. The molecule has 3 rings (SSSR count). The zero-order valence-corrected chi connectivity index (χ0v) is 17.7. The molecule has 0 bridgehead atoms. The Morgan fingerprint density at radius 2 is 1.86 bits per heavy atom. The van der Waals surface area contributed by atoms with E-state index in [2.05, 4.69) is 67.0 Å². The molecule has 2 aliphatic rings. The summed E-state index contributed by atoms with van der Waals surface area (Å²) >= 11 is 0. The molecule has 0 aromatic heterocycles. The fraction of sp³-hybridized carbons (Fsp3) is 0.682. The van der Waals surface area contributed by atoms with Crippen LogP contribution in [0, 0.1) is 5.92 Å². The van der Waals surface area contributed by atoms with Gasteiger partial charge in [0.2, 0.25) is 5.91 Å². The summed E-state index contributed by atoms with van der Waals surface area (Å²) in [7, 11) is 0. The Labute approximate surface area is 169 Å². The minimum atomic E-state index is -0.156. The van der Waals surface area contributed by atoms with Gasteiger partial charge >= 0.3 is 0 Å². The van der Waals surface area contributed by atoms with Crippen LogP contribution in [0.1, 0.15) is 51.7 Å². The maximum Gasteiger partial charge on any atom is 0.238 e. The molecule has 0 spiro atoms. The van der Waals surface area contributed by atoms with Gasteiger partial charge in [-0.2, -0.15) is 0 Å². The van der Waals surface area contributed by atoms with Crippen molar-refractivity contribution in [3.05, 3.63) is 35.4 Å². The van der Waals surface area contributed by atoms with Crippen molar-refractivity contribution in [2.45, 2.75) is 77.9 Å². The molecule has 0 aliphatic carbocycles. The SMILES string of the molecule is CC(C)CC1CC(C(=O)NCc2ccccc2CN2CC(C)OC(C)C2)NN1. The summed E-state index contributed by atoms with van der Waals surface area (Å²) in [6, 6.07) is 8.62. The molecule has 1 aromatic carbocycles. The van der Waals surface area contributed by atoms with Gasteiger partial charge < -0.3 is 10.1 Å². The van der Waals surface area contributed by atoms with Crippen LogP contribution < -0.4 is 16.2 Å². The number of hydrogen-bond donors (Lipinski definition) is 3. The van der Waals surface area contributed by atoms with Crippen molar-refractivity contribution in [1.82, 2.24) is 21.1 Å². The summed E-state index contributed by atoms with van der Waals surface area (Å²) in [4.78, 5) is 15.0. The van der Waals surface area contributed by atoms with E-state index in [9.17, 15) is 4.79 Å². The Balaban J connectivity index is 1.53. The first kappa shape index (κ1) is 21.2. The van der Waals surface area contributed by atoms with Gasteiger partial charge in [0.1, 0.15) is 6.04 Å². The summed E-state index contributed by atoms with van der Waals surface area (Å²) in [6.07, 6.45) is 2.44. The standard InChI is InChI=1S/C22H36N4O2/c1-15(2)9-20-10-21(25-24-20)22(27)23-11-18-7-5-6-8-19(18)14-26-12-16(3)28-17(4)13-26/h5-8,15-17,20-21,24-25H,9-14H2,1-4H3,(H,23,27). The van der Waals surface area contributed by atoms with Crippen molar-refractivity contribution in [2.75, 3.05) is 13.1 Å². The number of carbonyl (C=O) groups excluding carboxylic acids is 1. The van der Waals surface area contributed by atoms with E-state index >= 15 is 0 Å². The number of hydrazine groups is 1. The number of carbonyl (C=O) groups is 1. The van der Waals surface area contributed by atoms with Gasteiger partial charge in [0.15, 0.2) is 0 Å². The highest BCUT2D eigenvalue weighted by molar-refractivity contribution is 5.82. The van der Waals surface area contributed by atoms with Crippen LogP contribution in [0.4, 0.5) is 0 Å². The molecule has 1 amide bonds. The van der Waals surface area contributed by atoms with Crippen LogP contribution in [0.15, 0.2) is 24.3 Å². The second-order valence-corrected chi connectivity index (χ2v) is 8.84. The Morgan fingerprint density at radius 3 is 2.54 bits per heavy atom. The number of ether oxygens (including phenoxy) is 1. The number of hydrogen-bond acceptors (Lipinski definition) is 5. The van der Waals surface area contributed by atoms with Gasteiger partial charge in [-0.15, -0.1) is 0 Å². The van der Waals surface area contributed by atoms with E-state index in [0.717, 1.165) is 32.5 Å². The highest BCUT2D eigenvalue weighted by Crippen LogP contribution is 2.18. The van der Waals surface area contributed by atoms with Crippen molar-refractivity contribution in [2.24, 2.45) is 5.92 Å². The maximum atomic E-state index is 12.6. The van der Waals surface area contributed by atoms with Crippen LogP contribution in [0.25, 0.3) is 0 Å². The van der Waals surface area contributed by atoms with Crippen molar-refractivity contribution in [1.29, 1.82) is 0 Å². The molecule has 2 aliphatic heterocycles. The lowest BCUT2D eigenvalue weighted by Crippen LogP contribution is -2.45. The number of nitrogens with zero attached hydrogens (tertiary/aromatic N) is 1. The van der Waals surface area contributed by atoms with E-state index in [-0.39, 0.29) is 24.2 Å². The van der Waals surface area contributed by atoms with Gasteiger partial charge in [-0.25, -0.2) is 5.43 Å². The fourth-order valence-electron chi connectivity index (χ4n) is 4.36. The predicted octanol–water partition coefficient (Wildman–Crippen LogP) is 2.19. The number of nitrogens with one attached hydrogen (secondary N) is 3. The number of amides is 1. The minimum Gasteiger partial charge on any atom is -0.373 e. The van der Waals surface area contributed by atoms with Crippen LogP contribution in [0.5, 0.6) is 0 Å². The van der Waals surface area contributed by atoms with E-state index in [1.165, 1.54) is 11.1 Å². The molecule has 6 heteroatoms. The molecule has 0 saturated carbocycles.